The van der Waals surface area contributed by atoms with Crippen LogP contribution in [0.3, 0.4) is 0 Å². The maximum atomic E-state index is 12.5. The molecule has 2 fully saturated rings. The lowest BCUT2D eigenvalue weighted by molar-refractivity contribution is -0.0114. The maximum absolute atomic E-state index is 12.5. The van der Waals surface area contributed by atoms with E-state index in [1.165, 1.54) is 4.31 Å². The summed E-state index contributed by atoms with van der Waals surface area (Å²) < 4.78 is 32.2. The van der Waals surface area contributed by atoms with Crippen LogP contribution in [0.25, 0.3) is 0 Å². The smallest absolute Gasteiger partial charge is 0.243 e. The van der Waals surface area contributed by atoms with Crippen LogP contribution in [0, 0.1) is 0 Å². The van der Waals surface area contributed by atoms with Gasteiger partial charge in [-0.1, -0.05) is 0 Å². The molecule has 1 aromatic carbocycles. The van der Waals surface area contributed by atoms with Crippen molar-refractivity contribution in [3.05, 3.63) is 24.3 Å². The van der Waals surface area contributed by atoms with Crippen LogP contribution >= 0.6 is 0 Å². The number of sulfonamides is 1. The third kappa shape index (κ3) is 2.34. The van der Waals surface area contributed by atoms with E-state index in [9.17, 15) is 8.42 Å². The fourth-order valence-corrected chi connectivity index (χ4v) is 4.15. The van der Waals surface area contributed by atoms with Crippen molar-refractivity contribution in [2.75, 3.05) is 18.5 Å². The number of rotatable bonds is 3. The van der Waals surface area contributed by atoms with Crippen molar-refractivity contribution in [3.63, 3.8) is 0 Å². The van der Waals surface area contributed by atoms with Gasteiger partial charge in [-0.15, -0.1) is 0 Å². The number of fused-ring (bicyclic) bond motifs is 2. The number of nitrogens with one attached hydrogen (secondary N) is 1. The first-order valence-electron chi connectivity index (χ1n) is 6.32. The Morgan fingerprint density at radius 3 is 2.26 bits per heavy atom. The minimum absolute atomic E-state index is 0.0542. The van der Waals surface area contributed by atoms with Gasteiger partial charge >= 0.3 is 0 Å². The second-order valence-corrected chi connectivity index (χ2v) is 6.89. The second kappa shape index (κ2) is 4.75. The predicted molar refractivity (Wildman–Crippen MR) is 70.9 cm³/mol. The summed E-state index contributed by atoms with van der Waals surface area (Å²) >= 11 is 0. The molecule has 0 aromatic heterocycles. The van der Waals surface area contributed by atoms with Crippen molar-refractivity contribution in [1.82, 2.24) is 4.31 Å². The van der Waals surface area contributed by atoms with Crippen molar-refractivity contribution in [2.24, 2.45) is 5.84 Å². The molecule has 3 rings (SSSR count). The number of anilines is 1. The van der Waals surface area contributed by atoms with Crippen LogP contribution in [0.15, 0.2) is 29.2 Å². The van der Waals surface area contributed by atoms with Gasteiger partial charge in [0, 0.05) is 18.8 Å². The number of nitrogen functional groups attached to an aromatic ring is 1. The van der Waals surface area contributed by atoms with Gasteiger partial charge in [0.1, 0.15) is 0 Å². The molecule has 2 aliphatic rings. The summed E-state index contributed by atoms with van der Waals surface area (Å²) in [5.41, 5.74) is 3.16. The van der Waals surface area contributed by atoms with Crippen molar-refractivity contribution >= 4 is 15.7 Å². The van der Waals surface area contributed by atoms with E-state index in [1.807, 2.05) is 0 Å². The fourth-order valence-electron chi connectivity index (χ4n) is 2.65. The Labute approximate surface area is 112 Å². The molecule has 7 heteroatoms. The Hall–Kier alpha value is -1.15. The molecule has 2 unspecified atom stereocenters. The summed E-state index contributed by atoms with van der Waals surface area (Å²) in [5.74, 6) is 5.27. The molecule has 0 spiro atoms. The number of benzene rings is 1. The standard InChI is InChI=1S/C12H17N3O3S/c13-14-9-1-5-12(6-2-9)19(16,17)15-7-10-3-4-11(8-15)18-10/h1-2,5-6,10-11,14H,3-4,7-8,13H2. The summed E-state index contributed by atoms with van der Waals surface area (Å²) in [7, 11) is -3.43. The van der Waals surface area contributed by atoms with Crippen LogP contribution in [0.1, 0.15) is 12.8 Å². The third-order valence-corrected chi connectivity index (χ3v) is 5.51. The van der Waals surface area contributed by atoms with E-state index in [-0.39, 0.29) is 12.2 Å². The highest BCUT2D eigenvalue weighted by Gasteiger charge is 2.39. The van der Waals surface area contributed by atoms with E-state index >= 15 is 0 Å². The third-order valence-electron chi connectivity index (χ3n) is 3.67. The van der Waals surface area contributed by atoms with Crippen LogP contribution in [0.4, 0.5) is 5.69 Å². The van der Waals surface area contributed by atoms with Gasteiger partial charge in [0.15, 0.2) is 0 Å². The van der Waals surface area contributed by atoms with Gasteiger partial charge in [-0.3, -0.25) is 5.84 Å². The van der Waals surface area contributed by atoms with Crippen LogP contribution in [0.5, 0.6) is 0 Å². The van der Waals surface area contributed by atoms with E-state index in [1.54, 1.807) is 24.3 Å². The zero-order chi connectivity index (χ0) is 13.5. The Morgan fingerprint density at radius 1 is 1.16 bits per heavy atom. The van der Waals surface area contributed by atoms with Gasteiger partial charge in [-0.05, 0) is 37.1 Å². The molecule has 0 radical (unpaired) electrons. The molecule has 0 amide bonds. The van der Waals surface area contributed by atoms with Gasteiger partial charge < -0.3 is 10.2 Å². The highest BCUT2D eigenvalue weighted by Crippen LogP contribution is 2.30. The molecule has 0 aliphatic carbocycles. The average Bonchev–Trinajstić information content (AvgIpc) is 2.77. The summed E-state index contributed by atoms with van der Waals surface area (Å²) in [6.45, 7) is 0.908. The predicted octanol–water partition coefficient (Wildman–Crippen LogP) is 0.524. The average molecular weight is 283 g/mol. The molecule has 2 aliphatic heterocycles. The van der Waals surface area contributed by atoms with Crippen LogP contribution in [-0.2, 0) is 14.8 Å². The van der Waals surface area contributed by atoms with E-state index in [2.05, 4.69) is 5.43 Å². The van der Waals surface area contributed by atoms with E-state index in [0.717, 1.165) is 12.8 Å². The molecule has 2 bridgehead atoms. The van der Waals surface area contributed by atoms with E-state index in [4.69, 9.17) is 10.6 Å². The zero-order valence-corrected chi connectivity index (χ0v) is 11.3. The molecule has 1 aromatic rings. The van der Waals surface area contributed by atoms with Crippen molar-refractivity contribution in [3.8, 4) is 0 Å². The second-order valence-electron chi connectivity index (χ2n) is 4.95. The first-order chi connectivity index (χ1) is 9.09. The molecule has 2 saturated heterocycles. The largest absolute Gasteiger partial charge is 0.372 e. The minimum Gasteiger partial charge on any atom is -0.372 e. The van der Waals surface area contributed by atoms with Gasteiger partial charge in [-0.2, -0.15) is 4.31 Å². The van der Waals surface area contributed by atoms with Crippen molar-refractivity contribution in [1.29, 1.82) is 0 Å². The van der Waals surface area contributed by atoms with Gasteiger partial charge in [-0.25, -0.2) is 8.42 Å². The van der Waals surface area contributed by atoms with Crippen molar-refractivity contribution < 1.29 is 13.2 Å². The SMILES string of the molecule is NNc1ccc(S(=O)(=O)N2CC3CCC(C2)O3)cc1. The summed E-state index contributed by atoms with van der Waals surface area (Å²) in [5, 5.41) is 0. The van der Waals surface area contributed by atoms with Crippen LogP contribution in [0.2, 0.25) is 0 Å². The lowest BCUT2D eigenvalue weighted by Crippen LogP contribution is -2.45. The highest BCUT2D eigenvalue weighted by atomic mass is 32.2. The Morgan fingerprint density at radius 2 is 1.74 bits per heavy atom. The molecule has 2 heterocycles. The number of nitrogens with zero attached hydrogens (tertiary/aromatic N) is 1. The number of hydrogen-bond donors (Lipinski definition) is 2. The quantitative estimate of drug-likeness (QED) is 0.624. The monoisotopic (exact) mass is 283 g/mol. The lowest BCUT2D eigenvalue weighted by Gasteiger charge is -2.31. The number of nitrogens with two attached hydrogens (primary N) is 1. The normalized spacial score (nSPS) is 27.4. The van der Waals surface area contributed by atoms with Gasteiger partial charge in [0.05, 0.1) is 17.1 Å². The fraction of sp³-hybridized carbons (Fsp3) is 0.500. The Kier molecular flexibility index (Phi) is 3.22. The maximum Gasteiger partial charge on any atom is 0.243 e. The summed E-state index contributed by atoms with van der Waals surface area (Å²) in [4.78, 5) is 0.299. The lowest BCUT2D eigenvalue weighted by atomic mass is 10.2. The first kappa shape index (κ1) is 12.9. The Balaban J connectivity index is 1.85. The van der Waals surface area contributed by atoms with Crippen molar-refractivity contribution in [2.45, 2.75) is 29.9 Å². The first-order valence-corrected chi connectivity index (χ1v) is 7.76. The van der Waals surface area contributed by atoms with E-state index in [0.29, 0.717) is 23.7 Å². The molecule has 0 saturated carbocycles. The van der Waals surface area contributed by atoms with Gasteiger partial charge in [0.2, 0.25) is 10.0 Å². The molecule has 2 atom stereocenters. The zero-order valence-electron chi connectivity index (χ0n) is 10.5. The number of hydrogen-bond acceptors (Lipinski definition) is 5. The highest BCUT2D eigenvalue weighted by molar-refractivity contribution is 7.89. The molecule has 6 nitrogen and oxygen atoms in total. The molecule has 19 heavy (non-hydrogen) atoms. The number of ether oxygens (including phenoxy) is 1. The van der Waals surface area contributed by atoms with Crippen LogP contribution < -0.4 is 11.3 Å². The topological polar surface area (TPSA) is 84.7 Å². The van der Waals surface area contributed by atoms with Gasteiger partial charge in [0.25, 0.3) is 0 Å². The minimum atomic E-state index is -3.43. The Bertz CT molecular complexity index is 546. The molecule has 3 N–H and O–H groups in total. The summed E-state index contributed by atoms with van der Waals surface area (Å²) in [6.07, 6.45) is 2.01. The molecular formula is C12H17N3O3S. The summed E-state index contributed by atoms with van der Waals surface area (Å²) in [6, 6.07) is 6.45. The number of hydrazine groups is 1. The number of morpholine rings is 1. The van der Waals surface area contributed by atoms with E-state index < -0.39 is 10.0 Å². The molecule has 104 valence electrons. The van der Waals surface area contributed by atoms with Crippen LogP contribution in [-0.4, -0.2) is 38.0 Å². The molecular weight excluding hydrogens is 266 g/mol.